The van der Waals surface area contributed by atoms with Gasteiger partial charge in [0, 0.05) is 4.70 Å². The number of halogens is 1. The summed E-state index contributed by atoms with van der Waals surface area (Å²) in [7, 11) is 0. The molecule has 1 unspecified atom stereocenters. The Morgan fingerprint density at radius 2 is 2.05 bits per heavy atom. The Morgan fingerprint density at radius 3 is 2.64 bits per heavy atom. The number of nitrogens with one attached hydrogen (secondary N) is 1. The third-order valence-corrected chi connectivity index (χ3v) is 5.01. The van der Waals surface area contributed by atoms with Crippen LogP contribution < -0.4 is 5.32 Å². The van der Waals surface area contributed by atoms with Gasteiger partial charge in [-0.15, -0.1) is 11.3 Å². The van der Waals surface area contributed by atoms with Crippen LogP contribution in [0.3, 0.4) is 0 Å². The Kier molecular flexibility index (Phi) is 4.51. The first-order chi connectivity index (χ1) is 10.2. The lowest BCUT2D eigenvalue weighted by molar-refractivity contribution is -0.138. The predicted molar refractivity (Wildman–Crippen MR) is 84.7 cm³/mol. The van der Waals surface area contributed by atoms with Crippen LogP contribution in [0.25, 0.3) is 10.1 Å². The van der Waals surface area contributed by atoms with Crippen molar-refractivity contribution in [1.82, 2.24) is 5.32 Å². The average Bonchev–Trinajstić information content (AvgIpc) is 2.80. The van der Waals surface area contributed by atoms with Gasteiger partial charge in [-0.25, -0.2) is 4.39 Å². The standard InChI is InChI=1S/C16H18FNO3S/c1-9(2)16(3,8-14(19)20)18-15(21)13-7-10-6-11(17)4-5-12(10)22-13/h4-7,9H,8H2,1-3H3,(H,18,21)(H,19,20). The third kappa shape index (κ3) is 3.44. The zero-order chi connectivity index (χ0) is 16.5. The Hall–Kier alpha value is -1.95. The molecule has 1 amide bonds. The van der Waals surface area contributed by atoms with Crippen LogP contribution in [0.1, 0.15) is 36.9 Å². The van der Waals surface area contributed by atoms with Crippen LogP contribution in [0.4, 0.5) is 4.39 Å². The van der Waals surface area contributed by atoms with E-state index in [-0.39, 0.29) is 24.1 Å². The van der Waals surface area contributed by atoms with Crippen LogP contribution in [-0.2, 0) is 4.79 Å². The minimum absolute atomic E-state index is 0.0422. The summed E-state index contributed by atoms with van der Waals surface area (Å²) in [6.07, 6.45) is -0.157. The lowest BCUT2D eigenvalue weighted by Gasteiger charge is -2.33. The van der Waals surface area contributed by atoms with Gasteiger partial charge in [0.1, 0.15) is 5.82 Å². The smallest absolute Gasteiger partial charge is 0.305 e. The quantitative estimate of drug-likeness (QED) is 0.882. The van der Waals surface area contributed by atoms with Crippen LogP contribution in [-0.4, -0.2) is 22.5 Å². The molecule has 1 aromatic carbocycles. The molecular weight excluding hydrogens is 305 g/mol. The first-order valence-electron chi connectivity index (χ1n) is 6.94. The largest absolute Gasteiger partial charge is 0.481 e. The van der Waals surface area contributed by atoms with E-state index in [1.54, 1.807) is 19.1 Å². The summed E-state index contributed by atoms with van der Waals surface area (Å²) in [5.41, 5.74) is -0.843. The SMILES string of the molecule is CC(C)C(C)(CC(=O)O)NC(=O)c1cc2cc(F)ccc2s1. The molecule has 4 nitrogen and oxygen atoms in total. The zero-order valence-electron chi connectivity index (χ0n) is 12.6. The molecule has 2 N–H and O–H groups in total. The van der Waals surface area contributed by atoms with Crippen LogP contribution in [0, 0.1) is 11.7 Å². The van der Waals surface area contributed by atoms with Gasteiger partial charge in [-0.1, -0.05) is 13.8 Å². The maximum Gasteiger partial charge on any atom is 0.305 e. The monoisotopic (exact) mass is 323 g/mol. The van der Waals surface area contributed by atoms with Gasteiger partial charge in [-0.3, -0.25) is 9.59 Å². The average molecular weight is 323 g/mol. The van der Waals surface area contributed by atoms with E-state index in [1.165, 1.54) is 23.5 Å². The number of amides is 1. The second kappa shape index (κ2) is 6.04. The van der Waals surface area contributed by atoms with E-state index < -0.39 is 11.5 Å². The van der Waals surface area contributed by atoms with Gasteiger partial charge in [-0.2, -0.15) is 0 Å². The van der Waals surface area contributed by atoms with Crippen molar-refractivity contribution in [3.8, 4) is 0 Å². The van der Waals surface area contributed by atoms with E-state index in [2.05, 4.69) is 5.32 Å². The Balaban J connectivity index is 2.27. The van der Waals surface area contributed by atoms with E-state index in [0.717, 1.165) is 4.70 Å². The number of hydrogen-bond donors (Lipinski definition) is 2. The van der Waals surface area contributed by atoms with Crippen molar-refractivity contribution < 1.29 is 19.1 Å². The molecule has 0 bridgehead atoms. The molecule has 0 aliphatic carbocycles. The fourth-order valence-corrected chi connectivity index (χ4v) is 3.09. The van der Waals surface area contributed by atoms with Gasteiger partial charge in [0.15, 0.2) is 0 Å². The highest BCUT2D eigenvalue weighted by molar-refractivity contribution is 7.20. The summed E-state index contributed by atoms with van der Waals surface area (Å²) in [5, 5.41) is 12.5. The van der Waals surface area contributed by atoms with Crippen molar-refractivity contribution in [2.45, 2.75) is 32.7 Å². The lowest BCUT2D eigenvalue weighted by Crippen LogP contribution is -2.51. The molecular formula is C16H18FNO3S. The highest BCUT2D eigenvalue weighted by Gasteiger charge is 2.33. The molecule has 1 aromatic heterocycles. The number of carboxylic acid groups (broad SMARTS) is 1. The summed E-state index contributed by atoms with van der Waals surface area (Å²) < 4.78 is 14.0. The third-order valence-electron chi connectivity index (χ3n) is 3.89. The van der Waals surface area contributed by atoms with Gasteiger partial charge >= 0.3 is 5.97 Å². The summed E-state index contributed by atoms with van der Waals surface area (Å²) in [6.45, 7) is 5.45. The Morgan fingerprint density at radius 1 is 1.36 bits per heavy atom. The van der Waals surface area contributed by atoms with Crippen LogP contribution in [0.2, 0.25) is 0 Å². The van der Waals surface area contributed by atoms with Crippen molar-refractivity contribution in [2.24, 2.45) is 5.92 Å². The molecule has 0 saturated carbocycles. The number of fused-ring (bicyclic) bond motifs is 1. The number of carbonyl (C=O) groups is 2. The van der Waals surface area contributed by atoms with Gasteiger partial charge < -0.3 is 10.4 Å². The summed E-state index contributed by atoms with van der Waals surface area (Å²) in [5.74, 6) is -1.69. The van der Waals surface area contributed by atoms with E-state index in [9.17, 15) is 14.0 Å². The highest BCUT2D eigenvalue weighted by Crippen LogP contribution is 2.28. The van der Waals surface area contributed by atoms with Gasteiger partial charge in [-0.05, 0) is 42.5 Å². The molecule has 6 heteroatoms. The molecule has 0 spiro atoms. The van der Waals surface area contributed by atoms with Gasteiger partial charge in [0.05, 0.1) is 16.8 Å². The second-order valence-corrected chi connectivity index (χ2v) is 6.97. The van der Waals surface area contributed by atoms with Crippen molar-refractivity contribution in [2.75, 3.05) is 0 Å². The van der Waals surface area contributed by atoms with Gasteiger partial charge in [0.2, 0.25) is 0 Å². The fourth-order valence-electron chi connectivity index (χ4n) is 2.15. The zero-order valence-corrected chi connectivity index (χ0v) is 13.5. The van der Waals surface area contributed by atoms with Crippen LogP contribution >= 0.6 is 11.3 Å². The van der Waals surface area contributed by atoms with Crippen molar-refractivity contribution in [3.63, 3.8) is 0 Å². The van der Waals surface area contributed by atoms with E-state index >= 15 is 0 Å². The summed E-state index contributed by atoms with van der Waals surface area (Å²) in [4.78, 5) is 23.9. The molecule has 2 rings (SSSR count). The van der Waals surface area contributed by atoms with Crippen molar-refractivity contribution in [3.05, 3.63) is 35.0 Å². The molecule has 118 valence electrons. The lowest BCUT2D eigenvalue weighted by atomic mass is 9.85. The summed E-state index contributed by atoms with van der Waals surface area (Å²) in [6, 6.07) is 5.98. The first kappa shape index (κ1) is 16.4. The maximum atomic E-state index is 13.2. The molecule has 0 aliphatic rings. The molecule has 0 saturated heterocycles. The molecule has 2 aromatic rings. The minimum atomic E-state index is -0.963. The number of aliphatic carboxylic acids is 1. The Labute approximate surface area is 132 Å². The second-order valence-electron chi connectivity index (χ2n) is 5.89. The normalized spacial score (nSPS) is 14.0. The minimum Gasteiger partial charge on any atom is -0.481 e. The molecule has 0 radical (unpaired) electrons. The van der Waals surface area contributed by atoms with E-state index in [0.29, 0.717) is 10.3 Å². The number of carboxylic acids is 1. The van der Waals surface area contributed by atoms with Crippen LogP contribution in [0.5, 0.6) is 0 Å². The van der Waals surface area contributed by atoms with E-state index in [4.69, 9.17) is 5.11 Å². The topological polar surface area (TPSA) is 66.4 Å². The molecule has 0 fully saturated rings. The first-order valence-corrected chi connectivity index (χ1v) is 7.76. The number of thiophene rings is 1. The summed E-state index contributed by atoms with van der Waals surface area (Å²) >= 11 is 1.26. The van der Waals surface area contributed by atoms with Crippen molar-refractivity contribution in [1.29, 1.82) is 0 Å². The molecule has 22 heavy (non-hydrogen) atoms. The number of carbonyl (C=O) groups excluding carboxylic acids is 1. The van der Waals surface area contributed by atoms with E-state index in [1.807, 2.05) is 13.8 Å². The number of rotatable bonds is 5. The van der Waals surface area contributed by atoms with Crippen LogP contribution in [0.15, 0.2) is 24.3 Å². The Bertz CT molecular complexity index is 725. The van der Waals surface area contributed by atoms with Crippen molar-refractivity contribution >= 4 is 33.3 Å². The number of benzene rings is 1. The molecule has 1 atom stereocenters. The van der Waals surface area contributed by atoms with Gasteiger partial charge in [0.25, 0.3) is 5.91 Å². The number of hydrogen-bond acceptors (Lipinski definition) is 3. The predicted octanol–water partition coefficient (Wildman–Crippen LogP) is 3.66. The maximum absolute atomic E-state index is 13.2. The fraction of sp³-hybridized carbons (Fsp3) is 0.375. The highest BCUT2D eigenvalue weighted by atomic mass is 32.1. The molecule has 1 heterocycles. The molecule has 0 aliphatic heterocycles.